The van der Waals surface area contributed by atoms with E-state index in [2.05, 4.69) is 12.2 Å². The summed E-state index contributed by atoms with van der Waals surface area (Å²) in [5, 5.41) is 3.40. The lowest BCUT2D eigenvalue weighted by Crippen LogP contribution is -2.17. The Morgan fingerprint density at radius 1 is 1.24 bits per heavy atom. The molecule has 0 aromatic heterocycles. The first-order valence-corrected chi connectivity index (χ1v) is 6.09. The molecule has 1 aromatic rings. The molecule has 1 aliphatic heterocycles. The minimum Gasteiger partial charge on any atom is -0.486 e. The molecule has 0 radical (unpaired) electrons. The number of nitrogen functional groups attached to an aromatic ring is 1. The van der Waals surface area contributed by atoms with Crippen molar-refractivity contribution < 1.29 is 9.47 Å². The quantitative estimate of drug-likeness (QED) is 0.788. The van der Waals surface area contributed by atoms with Crippen LogP contribution in [0, 0.1) is 5.41 Å². The summed E-state index contributed by atoms with van der Waals surface area (Å²) in [7, 11) is 0. The highest BCUT2D eigenvalue weighted by molar-refractivity contribution is 5.72. The van der Waals surface area contributed by atoms with Gasteiger partial charge in [-0.2, -0.15) is 0 Å². The molecule has 1 aromatic carbocycles. The first kappa shape index (κ1) is 10.6. The molecule has 2 aliphatic rings. The number of nitrogens with two attached hydrogens (primary N) is 1. The van der Waals surface area contributed by atoms with Crippen molar-refractivity contribution in [1.82, 2.24) is 0 Å². The molecule has 0 spiro atoms. The van der Waals surface area contributed by atoms with Gasteiger partial charge < -0.3 is 20.5 Å². The Hall–Kier alpha value is -1.58. The molecule has 1 saturated carbocycles. The van der Waals surface area contributed by atoms with E-state index in [0.717, 1.165) is 29.4 Å². The fraction of sp³-hybridized carbons (Fsp3) is 0.538. The lowest BCUT2D eigenvalue weighted by Gasteiger charge is -2.21. The topological polar surface area (TPSA) is 56.5 Å². The molecule has 0 saturated heterocycles. The third kappa shape index (κ3) is 2.12. The van der Waals surface area contributed by atoms with Crippen molar-refractivity contribution in [3.05, 3.63) is 12.1 Å². The van der Waals surface area contributed by atoms with Gasteiger partial charge in [-0.15, -0.1) is 0 Å². The number of nitrogens with one attached hydrogen (secondary N) is 1. The second kappa shape index (κ2) is 3.72. The Morgan fingerprint density at radius 2 is 1.88 bits per heavy atom. The minimum atomic E-state index is 0.458. The van der Waals surface area contributed by atoms with Gasteiger partial charge in [0.05, 0.1) is 11.4 Å². The van der Waals surface area contributed by atoms with E-state index in [-0.39, 0.29) is 0 Å². The van der Waals surface area contributed by atoms with Crippen molar-refractivity contribution in [3.63, 3.8) is 0 Å². The van der Waals surface area contributed by atoms with Crippen LogP contribution in [0.3, 0.4) is 0 Å². The molecule has 1 fully saturated rings. The maximum Gasteiger partial charge on any atom is 0.163 e. The Morgan fingerprint density at radius 3 is 2.53 bits per heavy atom. The highest BCUT2D eigenvalue weighted by Gasteiger charge is 2.36. The average molecular weight is 234 g/mol. The zero-order valence-corrected chi connectivity index (χ0v) is 10.1. The lowest BCUT2D eigenvalue weighted by atomic mass is 10.1. The van der Waals surface area contributed by atoms with Crippen molar-refractivity contribution in [2.45, 2.75) is 19.8 Å². The number of hydrogen-bond donors (Lipinski definition) is 2. The summed E-state index contributed by atoms with van der Waals surface area (Å²) in [6, 6.07) is 3.78. The molecule has 17 heavy (non-hydrogen) atoms. The Bertz CT molecular complexity index is 441. The second-order valence-corrected chi connectivity index (χ2v) is 5.25. The summed E-state index contributed by atoms with van der Waals surface area (Å²) < 4.78 is 11.0. The predicted molar refractivity (Wildman–Crippen MR) is 67.7 cm³/mol. The number of anilines is 2. The van der Waals surface area contributed by atoms with Crippen LogP contribution in [0.25, 0.3) is 0 Å². The van der Waals surface area contributed by atoms with E-state index >= 15 is 0 Å². The molecule has 3 N–H and O–H groups in total. The highest BCUT2D eigenvalue weighted by atomic mass is 16.6. The van der Waals surface area contributed by atoms with Crippen LogP contribution in [-0.4, -0.2) is 19.8 Å². The van der Waals surface area contributed by atoms with Crippen molar-refractivity contribution in [1.29, 1.82) is 0 Å². The zero-order valence-electron chi connectivity index (χ0n) is 10.1. The third-order valence-electron chi connectivity index (χ3n) is 3.52. The molecule has 3 rings (SSSR count). The van der Waals surface area contributed by atoms with Crippen LogP contribution in [0.5, 0.6) is 11.5 Å². The van der Waals surface area contributed by atoms with Crippen LogP contribution in [0.1, 0.15) is 19.8 Å². The van der Waals surface area contributed by atoms with Gasteiger partial charge in [-0.1, -0.05) is 6.92 Å². The fourth-order valence-corrected chi connectivity index (χ4v) is 1.96. The van der Waals surface area contributed by atoms with Gasteiger partial charge in [-0.25, -0.2) is 0 Å². The van der Waals surface area contributed by atoms with Crippen molar-refractivity contribution in [3.8, 4) is 11.5 Å². The maximum absolute atomic E-state index is 6.00. The van der Waals surface area contributed by atoms with Gasteiger partial charge in [0.25, 0.3) is 0 Å². The smallest absolute Gasteiger partial charge is 0.163 e. The van der Waals surface area contributed by atoms with Crippen molar-refractivity contribution >= 4 is 11.4 Å². The number of hydrogen-bond acceptors (Lipinski definition) is 4. The van der Waals surface area contributed by atoms with E-state index < -0.39 is 0 Å². The number of rotatable bonds is 3. The van der Waals surface area contributed by atoms with Gasteiger partial charge in [0.2, 0.25) is 0 Å². The molecule has 1 aliphatic carbocycles. The van der Waals surface area contributed by atoms with E-state index in [1.165, 1.54) is 12.8 Å². The van der Waals surface area contributed by atoms with Crippen LogP contribution >= 0.6 is 0 Å². The van der Waals surface area contributed by atoms with Crippen LogP contribution in [-0.2, 0) is 0 Å². The number of benzene rings is 1. The van der Waals surface area contributed by atoms with Crippen LogP contribution in [0.4, 0.5) is 11.4 Å². The molecule has 4 heteroatoms. The van der Waals surface area contributed by atoms with Gasteiger partial charge in [0, 0.05) is 18.7 Å². The maximum atomic E-state index is 6.00. The van der Waals surface area contributed by atoms with Gasteiger partial charge in [-0.3, -0.25) is 0 Å². The highest BCUT2D eigenvalue weighted by Crippen LogP contribution is 2.45. The van der Waals surface area contributed by atoms with Gasteiger partial charge in [0.1, 0.15) is 13.2 Å². The second-order valence-electron chi connectivity index (χ2n) is 5.25. The summed E-state index contributed by atoms with van der Waals surface area (Å²) in [6.07, 6.45) is 2.59. The molecular formula is C13H18N2O2. The molecule has 1 heterocycles. The average Bonchev–Trinajstić information content (AvgIpc) is 3.05. The van der Waals surface area contributed by atoms with E-state index in [1.54, 1.807) is 0 Å². The fourth-order valence-electron chi connectivity index (χ4n) is 1.96. The molecule has 92 valence electrons. The molecule has 0 unspecified atom stereocenters. The zero-order chi connectivity index (χ0) is 11.9. The Labute approximate surface area is 101 Å². The summed E-state index contributed by atoms with van der Waals surface area (Å²) >= 11 is 0. The molecule has 0 atom stereocenters. The van der Waals surface area contributed by atoms with E-state index in [1.807, 2.05) is 12.1 Å². The molecular weight excluding hydrogens is 216 g/mol. The van der Waals surface area contributed by atoms with Crippen LogP contribution in [0.15, 0.2) is 12.1 Å². The first-order valence-electron chi connectivity index (χ1n) is 6.09. The van der Waals surface area contributed by atoms with E-state index in [4.69, 9.17) is 15.2 Å². The summed E-state index contributed by atoms with van der Waals surface area (Å²) in [6.45, 7) is 4.45. The molecule has 0 amide bonds. The van der Waals surface area contributed by atoms with Crippen LogP contribution < -0.4 is 20.5 Å². The first-order chi connectivity index (χ1) is 8.16. The van der Waals surface area contributed by atoms with E-state index in [9.17, 15) is 0 Å². The largest absolute Gasteiger partial charge is 0.486 e. The SMILES string of the molecule is CC1(CNc2cc3c(cc2N)OCCO3)CC1. The Balaban J connectivity index is 1.78. The van der Waals surface area contributed by atoms with Crippen LogP contribution in [0.2, 0.25) is 0 Å². The molecule has 4 nitrogen and oxygen atoms in total. The van der Waals surface area contributed by atoms with Crippen molar-refractivity contribution in [2.75, 3.05) is 30.8 Å². The minimum absolute atomic E-state index is 0.458. The standard InChI is InChI=1S/C13H18N2O2/c1-13(2-3-13)8-15-10-7-12-11(6-9(10)14)16-4-5-17-12/h6-7,15H,2-5,8,14H2,1H3. The Kier molecular flexibility index (Phi) is 2.31. The summed E-state index contributed by atoms with van der Waals surface area (Å²) in [4.78, 5) is 0. The lowest BCUT2D eigenvalue weighted by molar-refractivity contribution is 0.172. The third-order valence-corrected chi connectivity index (χ3v) is 3.52. The molecule has 0 bridgehead atoms. The summed E-state index contributed by atoms with van der Waals surface area (Å²) in [5.74, 6) is 1.53. The van der Waals surface area contributed by atoms with Gasteiger partial charge in [0.15, 0.2) is 11.5 Å². The van der Waals surface area contributed by atoms with Gasteiger partial charge >= 0.3 is 0 Å². The van der Waals surface area contributed by atoms with Crippen molar-refractivity contribution in [2.24, 2.45) is 5.41 Å². The van der Waals surface area contributed by atoms with Gasteiger partial charge in [-0.05, 0) is 18.3 Å². The number of fused-ring (bicyclic) bond motifs is 1. The predicted octanol–water partition coefficient (Wildman–Crippen LogP) is 2.25. The normalized spacial score (nSPS) is 19.8. The summed E-state index contributed by atoms with van der Waals surface area (Å²) in [5.41, 5.74) is 8.12. The van der Waals surface area contributed by atoms with E-state index in [0.29, 0.717) is 18.6 Å². The monoisotopic (exact) mass is 234 g/mol. The number of ether oxygens (including phenoxy) is 2.